The number of carbonyl (C=O) groups is 1. The maximum Gasteiger partial charge on any atom is 0.262 e. The van der Waals surface area contributed by atoms with Crippen LogP contribution in [0.15, 0.2) is 36.4 Å². The molecular weight excluding hydrogens is 293 g/mol. The minimum atomic E-state index is -0.581. The molecule has 2 aromatic carbocycles. The van der Waals surface area contributed by atoms with Gasteiger partial charge >= 0.3 is 0 Å². The van der Waals surface area contributed by atoms with E-state index in [-0.39, 0.29) is 17.3 Å². The van der Waals surface area contributed by atoms with Crippen molar-refractivity contribution in [1.29, 1.82) is 0 Å². The molecule has 2 rings (SSSR count). The number of hydrogen-bond donors (Lipinski definition) is 1. The number of amides is 1. The highest BCUT2D eigenvalue weighted by Crippen LogP contribution is 2.19. The third kappa shape index (κ3) is 4.20. The van der Waals surface area contributed by atoms with Crippen LogP contribution in [0.3, 0.4) is 0 Å². The summed E-state index contributed by atoms with van der Waals surface area (Å²) in [7, 11) is 0. The fraction of sp³-hybridized carbons (Fsp3) is 0.188. The van der Waals surface area contributed by atoms with Crippen LogP contribution in [0.5, 0.6) is 5.75 Å². The molecular formula is C16H15ClFNO2. The number of aryl methyl sites for hydroxylation is 2. The van der Waals surface area contributed by atoms with Gasteiger partial charge in [0.2, 0.25) is 0 Å². The number of anilines is 1. The minimum absolute atomic E-state index is 0.0769. The minimum Gasteiger partial charge on any atom is -0.484 e. The smallest absolute Gasteiger partial charge is 0.262 e. The average molecular weight is 308 g/mol. The first kappa shape index (κ1) is 15.3. The molecule has 0 bridgehead atoms. The van der Waals surface area contributed by atoms with Gasteiger partial charge in [0.05, 0.1) is 5.69 Å². The Labute approximate surface area is 127 Å². The molecule has 21 heavy (non-hydrogen) atoms. The molecule has 0 aliphatic rings. The third-order valence-electron chi connectivity index (χ3n) is 3.05. The van der Waals surface area contributed by atoms with Gasteiger partial charge in [0.15, 0.2) is 6.61 Å². The number of benzene rings is 2. The van der Waals surface area contributed by atoms with E-state index in [1.165, 1.54) is 12.1 Å². The van der Waals surface area contributed by atoms with Crippen LogP contribution >= 0.6 is 11.6 Å². The fourth-order valence-corrected chi connectivity index (χ4v) is 1.89. The highest BCUT2D eigenvalue weighted by Gasteiger charge is 2.08. The number of hydrogen-bond acceptors (Lipinski definition) is 2. The topological polar surface area (TPSA) is 38.3 Å². The molecule has 0 spiro atoms. The van der Waals surface area contributed by atoms with E-state index in [4.69, 9.17) is 16.3 Å². The second kappa shape index (κ2) is 6.59. The number of halogens is 2. The van der Waals surface area contributed by atoms with Gasteiger partial charge in [0.1, 0.15) is 11.6 Å². The maximum absolute atomic E-state index is 13.5. The molecule has 0 fully saturated rings. The summed E-state index contributed by atoms with van der Waals surface area (Å²) in [5.41, 5.74) is 2.31. The Hall–Kier alpha value is -2.07. The molecule has 5 heteroatoms. The predicted octanol–water partition coefficient (Wildman–Crippen LogP) is 4.11. The second-order valence-electron chi connectivity index (χ2n) is 4.71. The molecule has 1 N–H and O–H groups in total. The van der Waals surface area contributed by atoms with Gasteiger partial charge in [-0.1, -0.05) is 17.7 Å². The number of rotatable bonds is 4. The van der Waals surface area contributed by atoms with E-state index in [1.54, 1.807) is 6.07 Å². The van der Waals surface area contributed by atoms with Gasteiger partial charge in [-0.15, -0.1) is 0 Å². The second-order valence-corrected chi connectivity index (χ2v) is 5.14. The molecule has 0 radical (unpaired) electrons. The zero-order chi connectivity index (χ0) is 15.4. The Bertz CT molecular complexity index is 673. The molecule has 0 aliphatic carbocycles. The van der Waals surface area contributed by atoms with Crippen molar-refractivity contribution in [1.82, 2.24) is 0 Å². The standard InChI is InChI=1S/C16H15ClFNO2/c1-10-3-5-13(7-11(10)2)21-9-16(20)19-15-6-4-12(17)8-14(15)18/h3-8H,9H2,1-2H3,(H,19,20). The quantitative estimate of drug-likeness (QED) is 0.923. The normalized spacial score (nSPS) is 10.3. The Kier molecular flexibility index (Phi) is 4.81. The molecule has 0 aromatic heterocycles. The van der Waals surface area contributed by atoms with Gasteiger partial charge in [-0.05, 0) is 55.3 Å². The largest absolute Gasteiger partial charge is 0.484 e. The summed E-state index contributed by atoms with van der Waals surface area (Å²) in [5, 5.41) is 2.71. The first-order valence-corrected chi connectivity index (χ1v) is 6.78. The molecule has 0 aliphatic heterocycles. The summed E-state index contributed by atoms with van der Waals surface area (Å²) in [6.07, 6.45) is 0. The van der Waals surface area contributed by atoms with E-state index in [0.29, 0.717) is 5.75 Å². The summed E-state index contributed by atoms with van der Waals surface area (Å²) in [6.45, 7) is 3.77. The van der Waals surface area contributed by atoms with Crippen molar-refractivity contribution in [2.24, 2.45) is 0 Å². The summed E-state index contributed by atoms with van der Waals surface area (Å²) in [4.78, 5) is 11.7. The Morgan fingerprint density at radius 1 is 1.19 bits per heavy atom. The zero-order valence-corrected chi connectivity index (χ0v) is 12.5. The predicted molar refractivity (Wildman–Crippen MR) is 81.5 cm³/mol. The fourth-order valence-electron chi connectivity index (χ4n) is 1.73. The summed E-state index contributed by atoms with van der Waals surface area (Å²) in [5.74, 6) is -0.415. The summed E-state index contributed by atoms with van der Waals surface area (Å²) >= 11 is 5.64. The van der Waals surface area contributed by atoms with E-state index in [9.17, 15) is 9.18 Å². The van der Waals surface area contributed by atoms with Crippen LogP contribution in [0, 0.1) is 19.7 Å². The van der Waals surface area contributed by atoms with E-state index in [1.807, 2.05) is 26.0 Å². The first-order valence-electron chi connectivity index (χ1n) is 6.40. The summed E-state index contributed by atoms with van der Waals surface area (Å²) < 4.78 is 18.9. The van der Waals surface area contributed by atoms with Gasteiger partial charge in [-0.25, -0.2) is 4.39 Å². The molecule has 0 atom stereocenters. The van der Waals surface area contributed by atoms with Crippen LogP contribution in [0.25, 0.3) is 0 Å². The summed E-state index contributed by atoms with van der Waals surface area (Å²) in [6, 6.07) is 9.61. The monoisotopic (exact) mass is 307 g/mol. The van der Waals surface area contributed by atoms with Crippen LogP contribution in [-0.2, 0) is 4.79 Å². The Morgan fingerprint density at radius 3 is 2.62 bits per heavy atom. The van der Waals surface area contributed by atoms with E-state index >= 15 is 0 Å². The molecule has 0 heterocycles. The van der Waals surface area contributed by atoms with Gasteiger partial charge in [0.25, 0.3) is 5.91 Å². The number of carbonyl (C=O) groups excluding carboxylic acids is 1. The highest BCUT2D eigenvalue weighted by atomic mass is 35.5. The Balaban J connectivity index is 1.94. The van der Waals surface area contributed by atoms with E-state index < -0.39 is 11.7 Å². The van der Waals surface area contributed by atoms with Gasteiger partial charge in [0, 0.05) is 5.02 Å². The van der Waals surface area contributed by atoms with Crippen molar-refractivity contribution >= 4 is 23.2 Å². The SMILES string of the molecule is Cc1ccc(OCC(=O)Nc2ccc(Cl)cc2F)cc1C. The molecule has 0 saturated heterocycles. The van der Waals surface area contributed by atoms with Crippen molar-refractivity contribution in [2.75, 3.05) is 11.9 Å². The lowest BCUT2D eigenvalue weighted by Gasteiger charge is -2.09. The van der Waals surface area contributed by atoms with E-state index in [0.717, 1.165) is 17.2 Å². The number of nitrogens with one attached hydrogen (secondary N) is 1. The van der Waals surface area contributed by atoms with Gasteiger partial charge in [-0.2, -0.15) is 0 Å². The molecule has 0 unspecified atom stereocenters. The van der Waals surface area contributed by atoms with Crippen LogP contribution in [-0.4, -0.2) is 12.5 Å². The van der Waals surface area contributed by atoms with Crippen molar-refractivity contribution in [3.8, 4) is 5.75 Å². The van der Waals surface area contributed by atoms with Crippen LogP contribution < -0.4 is 10.1 Å². The lowest BCUT2D eigenvalue weighted by molar-refractivity contribution is -0.118. The van der Waals surface area contributed by atoms with Crippen LogP contribution in [0.1, 0.15) is 11.1 Å². The van der Waals surface area contributed by atoms with Gasteiger partial charge < -0.3 is 10.1 Å². The van der Waals surface area contributed by atoms with E-state index in [2.05, 4.69) is 5.32 Å². The lowest BCUT2D eigenvalue weighted by Crippen LogP contribution is -2.20. The van der Waals surface area contributed by atoms with Crippen molar-refractivity contribution < 1.29 is 13.9 Å². The zero-order valence-electron chi connectivity index (χ0n) is 11.7. The maximum atomic E-state index is 13.5. The van der Waals surface area contributed by atoms with Crippen LogP contribution in [0.2, 0.25) is 5.02 Å². The third-order valence-corrected chi connectivity index (χ3v) is 3.29. The molecule has 3 nitrogen and oxygen atoms in total. The average Bonchev–Trinajstić information content (AvgIpc) is 2.43. The molecule has 1 amide bonds. The van der Waals surface area contributed by atoms with Crippen molar-refractivity contribution in [2.45, 2.75) is 13.8 Å². The van der Waals surface area contributed by atoms with Crippen LogP contribution in [0.4, 0.5) is 10.1 Å². The Morgan fingerprint density at radius 2 is 1.95 bits per heavy atom. The van der Waals surface area contributed by atoms with Gasteiger partial charge in [-0.3, -0.25) is 4.79 Å². The lowest BCUT2D eigenvalue weighted by atomic mass is 10.1. The van der Waals surface area contributed by atoms with Crippen molar-refractivity contribution in [3.05, 3.63) is 58.4 Å². The molecule has 110 valence electrons. The molecule has 0 saturated carbocycles. The first-order chi connectivity index (χ1) is 9.95. The molecule has 2 aromatic rings. The van der Waals surface area contributed by atoms with Crippen molar-refractivity contribution in [3.63, 3.8) is 0 Å². The highest BCUT2D eigenvalue weighted by molar-refractivity contribution is 6.30. The number of ether oxygens (including phenoxy) is 1.